The van der Waals surface area contributed by atoms with E-state index in [9.17, 15) is 9.59 Å². The molecule has 6 nitrogen and oxygen atoms in total. The first-order chi connectivity index (χ1) is 12.8. The highest BCUT2D eigenvalue weighted by Gasteiger charge is 2.25. The third-order valence-corrected chi connectivity index (χ3v) is 4.92. The summed E-state index contributed by atoms with van der Waals surface area (Å²) in [7, 11) is 0. The van der Waals surface area contributed by atoms with Gasteiger partial charge in [-0.15, -0.1) is 0 Å². The molecule has 1 saturated heterocycles. The van der Waals surface area contributed by atoms with Crippen LogP contribution in [0.25, 0.3) is 10.9 Å². The van der Waals surface area contributed by atoms with Crippen molar-refractivity contribution in [3.63, 3.8) is 0 Å². The second-order valence-corrected chi connectivity index (χ2v) is 8.12. The molecule has 146 valence electrons. The number of hydrogen-bond acceptors (Lipinski definition) is 3. The molecule has 2 N–H and O–H groups in total. The molecule has 27 heavy (non-hydrogen) atoms. The number of fused-ring (bicyclic) bond motifs is 1. The highest BCUT2D eigenvalue weighted by molar-refractivity contribution is 5.83. The van der Waals surface area contributed by atoms with E-state index in [0.717, 1.165) is 25.9 Å². The van der Waals surface area contributed by atoms with Crippen molar-refractivity contribution in [2.24, 2.45) is 0 Å². The lowest BCUT2D eigenvalue weighted by atomic mass is 9.89. The molecule has 2 heterocycles. The number of carbonyl (C=O) groups is 2. The number of aromatic amines is 1. The quantitative estimate of drug-likeness (QED) is 0.859. The van der Waals surface area contributed by atoms with Crippen molar-refractivity contribution in [1.82, 2.24) is 15.2 Å². The van der Waals surface area contributed by atoms with Crippen molar-refractivity contribution in [2.75, 3.05) is 19.6 Å². The third kappa shape index (κ3) is 5.02. The maximum absolute atomic E-state index is 12.4. The van der Waals surface area contributed by atoms with E-state index in [4.69, 9.17) is 4.74 Å². The molecule has 2 amide bonds. The van der Waals surface area contributed by atoms with Crippen LogP contribution in [-0.4, -0.2) is 47.1 Å². The number of benzene rings is 1. The summed E-state index contributed by atoms with van der Waals surface area (Å²) >= 11 is 0. The van der Waals surface area contributed by atoms with Crippen LogP contribution in [0.5, 0.6) is 0 Å². The van der Waals surface area contributed by atoms with Gasteiger partial charge in [0.2, 0.25) is 5.91 Å². The van der Waals surface area contributed by atoms with E-state index < -0.39 is 11.7 Å². The molecule has 0 saturated carbocycles. The molecular formula is C21H29N3O3. The summed E-state index contributed by atoms with van der Waals surface area (Å²) in [5, 5.41) is 3.93. The van der Waals surface area contributed by atoms with Crippen LogP contribution in [0.4, 0.5) is 4.79 Å². The van der Waals surface area contributed by atoms with Gasteiger partial charge in [-0.2, -0.15) is 0 Å². The Bertz CT molecular complexity index is 798. The Labute approximate surface area is 160 Å². The number of rotatable bonds is 4. The zero-order chi connectivity index (χ0) is 19.4. The van der Waals surface area contributed by atoms with Gasteiger partial charge >= 0.3 is 6.09 Å². The Morgan fingerprint density at radius 2 is 1.93 bits per heavy atom. The van der Waals surface area contributed by atoms with E-state index in [1.165, 1.54) is 16.5 Å². The Hall–Kier alpha value is -2.50. The molecular weight excluding hydrogens is 342 g/mol. The van der Waals surface area contributed by atoms with E-state index in [0.29, 0.717) is 18.9 Å². The summed E-state index contributed by atoms with van der Waals surface area (Å²) < 4.78 is 5.18. The topological polar surface area (TPSA) is 74.4 Å². The molecule has 1 aliphatic rings. The summed E-state index contributed by atoms with van der Waals surface area (Å²) in [6.07, 6.45) is 3.86. The molecule has 1 aliphatic heterocycles. The van der Waals surface area contributed by atoms with Gasteiger partial charge < -0.3 is 19.9 Å². The smallest absolute Gasteiger partial charge is 0.407 e. The molecule has 0 atom stereocenters. The van der Waals surface area contributed by atoms with E-state index in [1.807, 2.05) is 31.7 Å². The van der Waals surface area contributed by atoms with Gasteiger partial charge in [0, 0.05) is 43.2 Å². The maximum atomic E-state index is 12.4. The van der Waals surface area contributed by atoms with Crippen LogP contribution in [0.1, 0.15) is 51.5 Å². The van der Waals surface area contributed by atoms with Crippen LogP contribution in [0, 0.1) is 0 Å². The van der Waals surface area contributed by atoms with Gasteiger partial charge in [0.25, 0.3) is 0 Å². The van der Waals surface area contributed by atoms with Gasteiger partial charge in [-0.3, -0.25) is 4.79 Å². The number of alkyl carbamates (subject to hydrolysis) is 1. The van der Waals surface area contributed by atoms with Crippen molar-refractivity contribution in [3.05, 3.63) is 36.0 Å². The number of hydrogen-bond donors (Lipinski definition) is 2. The first kappa shape index (κ1) is 19.3. The lowest BCUT2D eigenvalue weighted by Crippen LogP contribution is -2.40. The van der Waals surface area contributed by atoms with Crippen LogP contribution in [0.2, 0.25) is 0 Å². The number of amides is 2. The lowest BCUT2D eigenvalue weighted by molar-refractivity contribution is -0.132. The zero-order valence-electron chi connectivity index (χ0n) is 16.4. The number of ether oxygens (including phenoxy) is 1. The number of nitrogens with one attached hydrogen (secondary N) is 2. The zero-order valence-corrected chi connectivity index (χ0v) is 16.4. The predicted molar refractivity (Wildman–Crippen MR) is 106 cm³/mol. The first-order valence-corrected chi connectivity index (χ1v) is 9.64. The van der Waals surface area contributed by atoms with Crippen LogP contribution < -0.4 is 5.32 Å². The minimum atomic E-state index is -0.529. The fourth-order valence-corrected chi connectivity index (χ4v) is 3.62. The number of H-pyrrole nitrogens is 1. The molecule has 1 fully saturated rings. The second-order valence-electron chi connectivity index (χ2n) is 8.12. The molecule has 1 aromatic carbocycles. The van der Waals surface area contributed by atoms with Crippen LogP contribution >= 0.6 is 0 Å². The summed E-state index contributed by atoms with van der Waals surface area (Å²) in [4.78, 5) is 29.3. The average Bonchev–Trinajstić information content (AvgIpc) is 3.04. The standard InChI is InChI=1S/C21H29N3O3/c1-21(2,3)27-20(26)22-11-8-19(25)24-12-9-15(10-13-24)17-14-23-18-7-5-4-6-16(17)18/h4-7,14-15,23H,8-13H2,1-3H3,(H,22,26). The largest absolute Gasteiger partial charge is 0.444 e. The van der Waals surface area contributed by atoms with Gasteiger partial charge in [0.1, 0.15) is 5.60 Å². The molecule has 0 spiro atoms. The SMILES string of the molecule is CC(C)(C)OC(=O)NCCC(=O)N1CCC(c2c[nH]c3ccccc23)CC1. The monoisotopic (exact) mass is 371 g/mol. The predicted octanol–water partition coefficient (Wildman–Crippen LogP) is 3.79. The summed E-state index contributed by atoms with van der Waals surface area (Å²) in [5.41, 5.74) is 1.99. The fraction of sp³-hybridized carbons (Fsp3) is 0.524. The normalized spacial score (nSPS) is 15.7. The van der Waals surface area contributed by atoms with Gasteiger partial charge in [-0.25, -0.2) is 4.79 Å². The van der Waals surface area contributed by atoms with Gasteiger partial charge in [-0.1, -0.05) is 18.2 Å². The Balaban J connectivity index is 1.45. The highest BCUT2D eigenvalue weighted by Crippen LogP contribution is 2.33. The van der Waals surface area contributed by atoms with E-state index in [1.54, 1.807) is 0 Å². The molecule has 0 aliphatic carbocycles. The third-order valence-electron chi connectivity index (χ3n) is 4.92. The maximum Gasteiger partial charge on any atom is 0.407 e. The van der Waals surface area contributed by atoms with Gasteiger partial charge in [0.05, 0.1) is 0 Å². The van der Waals surface area contributed by atoms with E-state index in [-0.39, 0.29) is 5.91 Å². The van der Waals surface area contributed by atoms with Crippen LogP contribution in [0.15, 0.2) is 30.5 Å². The second kappa shape index (κ2) is 8.03. The molecule has 0 bridgehead atoms. The lowest BCUT2D eigenvalue weighted by Gasteiger charge is -2.32. The summed E-state index contributed by atoms with van der Waals surface area (Å²) in [6, 6.07) is 8.35. The molecule has 3 rings (SSSR count). The highest BCUT2D eigenvalue weighted by atomic mass is 16.6. The summed E-state index contributed by atoms with van der Waals surface area (Å²) in [6.45, 7) is 7.27. The minimum absolute atomic E-state index is 0.0865. The molecule has 2 aromatic rings. The molecule has 1 aromatic heterocycles. The number of carbonyl (C=O) groups excluding carboxylic acids is 2. The number of aromatic nitrogens is 1. The fourth-order valence-electron chi connectivity index (χ4n) is 3.62. The van der Waals surface area contributed by atoms with Crippen LogP contribution in [-0.2, 0) is 9.53 Å². The summed E-state index contributed by atoms with van der Waals surface area (Å²) in [5.74, 6) is 0.563. The Morgan fingerprint density at radius 1 is 1.22 bits per heavy atom. The minimum Gasteiger partial charge on any atom is -0.444 e. The van der Waals surface area contributed by atoms with Crippen molar-refractivity contribution in [3.8, 4) is 0 Å². The van der Waals surface area contributed by atoms with E-state index >= 15 is 0 Å². The molecule has 6 heteroatoms. The Morgan fingerprint density at radius 3 is 2.63 bits per heavy atom. The van der Waals surface area contributed by atoms with Gasteiger partial charge in [-0.05, 0) is 51.2 Å². The molecule has 0 unspecified atom stereocenters. The van der Waals surface area contributed by atoms with Crippen molar-refractivity contribution < 1.29 is 14.3 Å². The Kier molecular flexibility index (Phi) is 5.73. The van der Waals surface area contributed by atoms with E-state index in [2.05, 4.69) is 34.7 Å². The number of para-hydroxylation sites is 1. The molecule has 0 radical (unpaired) electrons. The number of likely N-dealkylation sites (tertiary alicyclic amines) is 1. The van der Waals surface area contributed by atoms with Gasteiger partial charge in [0.15, 0.2) is 0 Å². The number of piperidine rings is 1. The van der Waals surface area contributed by atoms with Crippen molar-refractivity contribution in [2.45, 2.75) is 51.6 Å². The van der Waals surface area contributed by atoms with Crippen molar-refractivity contribution >= 4 is 22.9 Å². The average molecular weight is 371 g/mol. The number of nitrogens with zero attached hydrogens (tertiary/aromatic N) is 1. The van der Waals surface area contributed by atoms with Crippen molar-refractivity contribution in [1.29, 1.82) is 0 Å². The van der Waals surface area contributed by atoms with Crippen LogP contribution in [0.3, 0.4) is 0 Å². The first-order valence-electron chi connectivity index (χ1n) is 9.64.